The van der Waals surface area contributed by atoms with Crippen LogP contribution in [0.3, 0.4) is 0 Å². The van der Waals surface area contributed by atoms with Crippen LogP contribution >= 0.6 is 0 Å². The third-order valence-electron chi connectivity index (χ3n) is 2.36. The summed E-state index contributed by atoms with van der Waals surface area (Å²) < 4.78 is 10.3. The zero-order valence-corrected chi connectivity index (χ0v) is 11.1. The fraction of sp³-hybridized carbons (Fsp3) is 0.636. The van der Waals surface area contributed by atoms with Crippen LogP contribution in [-0.4, -0.2) is 43.9 Å². The smallest absolute Gasteiger partial charge is 0.158 e. The molecule has 0 aliphatic carbocycles. The van der Waals surface area contributed by atoms with Crippen molar-refractivity contribution in [2.45, 2.75) is 13.5 Å². The van der Waals surface area contributed by atoms with E-state index < -0.39 is 0 Å². The summed E-state index contributed by atoms with van der Waals surface area (Å²) in [6, 6.07) is 1.78. The van der Waals surface area contributed by atoms with Crippen molar-refractivity contribution in [3.05, 3.63) is 11.9 Å². The van der Waals surface area contributed by atoms with Gasteiger partial charge in [-0.1, -0.05) is 0 Å². The maximum atomic E-state index is 5.39. The van der Waals surface area contributed by atoms with Gasteiger partial charge in [0.1, 0.15) is 18.2 Å². The van der Waals surface area contributed by atoms with Crippen molar-refractivity contribution in [2.75, 3.05) is 44.2 Å². The van der Waals surface area contributed by atoms with Crippen LogP contribution in [0.1, 0.15) is 12.7 Å². The Morgan fingerprint density at radius 2 is 2.22 bits per heavy atom. The second-order valence-electron chi connectivity index (χ2n) is 3.72. The van der Waals surface area contributed by atoms with Gasteiger partial charge < -0.3 is 19.8 Å². The van der Waals surface area contributed by atoms with Crippen molar-refractivity contribution in [1.82, 2.24) is 9.97 Å². The molecule has 7 nitrogen and oxygen atoms in total. The van der Waals surface area contributed by atoms with Crippen LogP contribution in [0.15, 0.2) is 6.07 Å². The number of hydrazine groups is 1. The minimum Gasteiger partial charge on any atom is -0.383 e. The van der Waals surface area contributed by atoms with Crippen molar-refractivity contribution in [3.8, 4) is 0 Å². The molecule has 18 heavy (non-hydrogen) atoms. The summed E-state index contributed by atoms with van der Waals surface area (Å²) in [7, 11) is 3.60. The summed E-state index contributed by atoms with van der Waals surface area (Å²) in [5.74, 6) is 7.35. The number of rotatable bonds is 8. The number of nitrogens with two attached hydrogens (primary N) is 1. The Balaban J connectivity index is 2.81. The maximum absolute atomic E-state index is 5.39. The van der Waals surface area contributed by atoms with Crippen molar-refractivity contribution >= 4 is 11.6 Å². The lowest BCUT2D eigenvalue weighted by Gasteiger charge is -2.18. The van der Waals surface area contributed by atoms with Gasteiger partial charge in [-0.3, -0.25) is 0 Å². The van der Waals surface area contributed by atoms with Crippen LogP contribution in [0.5, 0.6) is 0 Å². The van der Waals surface area contributed by atoms with E-state index in [1.54, 1.807) is 13.2 Å². The number of methoxy groups -OCH3 is 1. The van der Waals surface area contributed by atoms with Crippen molar-refractivity contribution < 1.29 is 9.47 Å². The Kier molecular flexibility index (Phi) is 6.34. The summed E-state index contributed by atoms with van der Waals surface area (Å²) in [5, 5.41) is 0. The van der Waals surface area contributed by atoms with Gasteiger partial charge in [0.05, 0.1) is 6.61 Å². The van der Waals surface area contributed by atoms with Crippen LogP contribution in [-0.2, 0) is 16.1 Å². The fourth-order valence-electron chi connectivity index (χ4n) is 1.35. The molecule has 0 saturated carbocycles. The molecule has 1 rings (SSSR count). The van der Waals surface area contributed by atoms with E-state index in [2.05, 4.69) is 15.4 Å². The number of aromatic nitrogens is 2. The van der Waals surface area contributed by atoms with Gasteiger partial charge in [0.25, 0.3) is 0 Å². The molecule has 0 bridgehead atoms. The molecule has 0 unspecified atom stereocenters. The normalized spacial score (nSPS) is 10.4. The molecular formula is C11H21N5O2. The highest BCUT2D eigenvalue weighted by atomic mass is 16.5. The molecule has 0 fully saturated rings. The molecule has 0 aliphatic rings. The van der Waals surface area contributed by atoms with Gasteiger partial charge in [-0.15, -0.1) is 0 Å². The lowest BCUT2D eigenvalue weighted by atomic mass is 10.4. The van der Waals surface area contributed by atoms with E-state index in [0.717, 1.165) is 12.4 Å². The largest absolute Gasteiger partial charge is 0.383 e. The fourth-order valence-corrected chi connectivity index (χ4v) is 1.35. The summed E-state index contributed by atoms with van der Waals surface area (Å²) >= 11 is 0. The highest BCUT2D eigenvalue weighted by molar-refractivity contribution is 5.48. The first-order valence-electron chi connectivity index (χ1n) is 5.83. The summed E-state index contributed by atoms with van der Waals surface area (Å²) in [4.78, 5) is 10.6. The molecule has 0 aliphatic heterocycles. The second-order valence-corrected chi connectivity index (χ2v) is 3.72. The molecular weight excluding hydrogens is 234 g/mol. The Labute approximate surface area is 107 Å². The molecule has 102 valence electrons. The zero-order chi connectivity index (χ0) is 13.4. The third kappa shape index (κ3) is 4.44. The zero-order valence-electron chi connectivity index (χ0n) is 11.1. The molecule has 0 amide bonds. The third-order valence-corrected chi connectivity index (χ3v) is 2.36. The van der Waals surface area contributed by atoms with Crippen molar-refractivity contribution in [1.29, 1.82) is 0 Å². The van der Waals surface area contributed by atoms with E-state index in [1.165, 1.54) is 0 Å². The van der Waals surface area contributed by atoms with Gasteiger partial charge in [-0.25, -0.2) is 15.8 Å². The standard InChI is InChI=1S/C11H21N5O2/c1-4-18-8-10-13-9(15-12)7-11(14-10)16(2)5-6-17-3/h7H,4-6,8,12H2,1-3H3,(H,13,14,15). The summed E-state index contributed by atoms with van der Waals surface area (Å²) in [6.07, 6.45) is 0. The first-order chi connectivity index (χ1) is 8.71. The molecule has 0 atom stereocenters. The monoisotopic (exact) mass is 255 g/mol. The van der Waals surface area contributed by atoms with Gasteiger partial charge >= 0.3 is 0 Å². The van der Waals surface area contributed by atoms with E-state index in [1.807, 2.05) is 18.9 Å². The van der Waals surface area contributed by atoms with Crippen LogP contribution in [0.2, 0.25) is 0 Å². The number of nitrogens with zero attached hydrogens (tertiary/aromatic N) is 3. The van der Waals surface area contributed by atoms with Crippen molar-refractivity contribution in [2.24, 2.45) is 5.84 Å². The minimum absolute atomic E-state index is 0.372. The quantitative estimate of drug-likeness (QED) is 0.513. The van der Waals surface area contributed by atoms with Crippen LogP contribution < -0.4 is 16.2 Å². The predicted octanol–water partition coefficient (Wildman–Crippen LogP) is 0.381. The predicted molar refractivity (Wildman–Crippen MR) is 70.3 cm³/mol. The Morgan fingerprint density at radius 3 is 2.83 bits per heavy atom. The summed E-state index contributed by atoms with van der Waals surface area (Å²) in [5.41, 5.74) is 2.53. The van der Waals surface area contributed by atoms with E-state index in [4.69, 9.17) is 15.3 Å². The Morgan fingerprint density at radius 1 is 1.44 bits per heavy atom. The molecule has 0 spiro atoms. The molecule has 7 heteroatoms. The minimum atomic E-state index is 0.372. The van der Waals surface area contributed by atoms with Gasteiger partial charge in [0, 0.05) is 33.4 Å². The van der Waals surface area contributed by atoms with Gasteiger partial charge in [0.15, 0.2) is 5.82 Å². The number of ether oxygens (including phenoxy) is 2. The van der Waals surface area contributed by atoms with E-state index in [9.17, 15) is 0 Å². The molecule has 0 saturated heterocycles. The van der Waals surface area contributed by atoms with Crippen LogP contribution in [0, 0.1) is 0 Å². The lowest BCUT2D eigenvalue weighted by molar-refractivity contribution is 0.128. The van der Waals surface area contributed by atoms with Crippen LogP contribution in [0.4, 0.5) is 11.6 Å². The highest BCUT2D eigenvalue weighted by Crippen LogP contribution is 2.14. The Bertz CT molecular complexity index is 361. The van der Waals surface area contributed by atoms with E-state index in [-0.39, 0.29) is 0 Å². The number of nitrogen functional groups attached to an aromatic ring is 1. The Hall–Kier alpha value is -1.44. The topological polar surface area (TPSA) is 85.5 Å². The molecule has 1 aromatic rings. The molecule has 1 heterocycles. The number of nitrogens with one attached hydrogen (secondary N) is 1. The molecule has 3 N–H and O–H groups in total. The van der Waals surface area contributed by atoms with Crippen molar-refractivity contribution in [3.63, 3.8) is 0 Å². The number of likely N-dealkylation sites (N-methyl/N-ethyl adjacent to an activating group) is 1. The number of hydrogen-bond acceptors (Lipinski definition) is 7. The number of anilines is 2. The second kappa shape index (κ2) is 7.80. The maximum Gasteiger partial charge on any atom is 0.158 e. The van der Waals surface area contributed by atoms with E-state index >= 15 is 0 Å². The number of hydrogen-bond donors (Lipinski definition) is 2. The first kappa shape index (κ1) is 14.6. The molecule has 0 aromatic carbocycles. The van der Waals surface area contributed by atoms with Gasteiger partial charge in [-0.05, 0) is 6.92 Å². The van der Waals surface area contributed by atoms with E-state index in [0.29, 0.717) is 31.5 Å². The van der Waals surface area contributed by atoms with Gasteiger partial charge in [-0.2, -0.15) is 0 Å². The SMILES string of the molecule is CCOCc1nc(NN)cc(N(C)CCOC)n1. The van der Waals surface area contributed by atoms with Crippen LogP contribution in [0.25, 0.3) is 0 Å². The average molecular weight is 255 g/mol. The lowest BCUT2D eigenvalue weighted by Crippen LogP contribution is -2.24. The molecule has 1 aromatic heterocycles. The molecule has 0 radical (unpaired) electrons. The average Bonchev–Trinajstić information content (AvgIpc) is 2.41. The van der Waals surface area contributed by atoms with Gasteiger partial charge in [0.2, 0.25) is 0 Å². The first-order valence-corrected chi connectivity index (χ1v) is 5.83. The summed E-state index contributed by atoms with van der Waals surface area (Å²) in [6.45, 7) is 4.30. The highest BCUT2D eigenvalue weighted by Gasteiger charge is 2.08.